The highest BCUT2D eigenvalue weighted by Gasteiger charge is 2.29. The maximum Gasteiger partial charge on any atom is 0.242 e. The van der Waals surface area contributed by atoms with E-state index in [1.165, 1.54) is 0 Å². The number of phenolic OH excluding ortho intramolecular Hbond substituents is 1. The molecule has 1 atom stereocenters. The van der Waals surface area contributed by atoms with Crippen LogP contribution in [-0.2, 0) is 16.1 Å². The molecule has 2 aliphatic rings. The van der Waals surface area contributed by atoms with Crippen LogP contribution in [0.2, 0.25) is 0 Å². The van der Waals surface area contributed by atoms with E-state index in [4.69, 9.17) is 9.47 Å². The number of aromatic nitrogens is 1. The fourth-order valence-electron chi connectivity index (χ4n) is 3.33. The summed E-state index contributed by atoms with van der Waals surface area (Å²) in [6, 6.07) is 7.06. The smallest absolute Gasteiger partial charge is 0.242 e. The molecule has 3 heterocycles. The van der Waals surface area contributed by atoms with Crippen molar-refractivity contribution in [2.24, 2.45) is 0 Å². The second kappa shape index (κ2) is 9.93. The number of nitrogens with zero attached hydrogens (tertiary/aromatic N) is 2. The van der Waals surface area contributed by atoms with Gasteiger partial charge in [0.1, 0.15) is 12.6 Å². The molecule has 1 amide bonds. The fraction of sp³-hybridized carbons (Fsp3) is 0.368. The second-order valence-electron chi connectivity index (χ2n) is 6.42. The summed E-state index contributed by atoms with van der Waals surface area (Å²) in [7, 11) is 0. The van der Waals surface area contributed by atoms with Crippen molar-refractivity contribution in [2.75, 3.05) is 32.9 Å². The Morgan fingerprint density at radius 1 is 1.25 bits per heavy atom. The third kappa shape index (κ3) is 4.67. The third-order valence-electron chi connectivity index (χ3n) is 4.64. The summed E-state index contributed by atoms with van der Waals surface area (Å²) in [6.07, 6.45) is 3.44. The molecule has 0 aliphatic carbocycles. The Balaban J connectivity index is 0.00000140. The molecule has 1 fully saturated rings. The SMILES string of the molecule is Cl.Cl.O=C(C1COCCN1)N1CCOc2c(O)cc(-c3cccnc3)cc2C1. The Bertz CT molecular complexity index is 801. The van der Waals surface area contributed by atoms with Gasteiger partial charge in [-0.05, 0) is 23.8 Å². The Hall–Kier alpha value is -2.06. The summed E-state index contributed by atoms with van der Waals surface area (Å²) in [4.78, 5) is 18.7. The van der Waals surface area contributed by atoms with Crippen LogP contribution in [0.15, 0.2) is 36.7 Å². The monoisotopic (exact) mass is 427 g/mol. The molecule has 1 aromatic heterocycles. The van der Waals surface area contributed by atoms with Crippen LogP contribution in [0.25, 0.3) is 11.1 Å². The largest absolute Gasteiger partial charge is 0.504 e. The molecule has 0 radical (unpaired) electrons. The molecule has 1 saturated heterocycles. The number of carbonyl (C=O) groups is 1. The standard InChI is InChI=1S/C19H21N3O4.2ClH/c23-17-9-14(13-2-1-3-20-10-13)8-15-11-22(5-7-26-18(15)17)19(24)16-12-25-6-4-21-16;;/h1-3,8-10,16,21,23H,4-7,11-12H2;2*1H. The molecule has 7 nitrogen and oxygen atoms in total. The first-order valence-corrected chi connectivity index (χ1v) is 8.71. The zero-order valence-electron chi connectivity index (χ0n) is 15.2. The number of phenols is 1. The highest BCUT2D eigenvalue weighted by molar-refractivity contribution is 5.85. The zero-order valence-corrected chi connectivity index (χ0v) is 16.8. The number of benzene rings is 1. The van der Waals surface area contributed by atoms with Crippen molar-refractivity contribution < 1.29 is 19.4 Å². The maximum atomic E-state index is 12.8. The Kier molecular flexibility index (Phi) is 7.88. The van der Waals surface area contributed by atoms with Crippen molar-refractivity contribution in [3.05, 3.63) is 42.2 Å². The molecule has 2 N–H and O–H groups in total. The van der Waals surface area contributed by atoms with Gasteiger partial charge in [0, 0.05) is 36.6 Å². The van der Waals surface area contributed by atoms with E-state index in [-0.39, 0.29) is 42.5 Å². The minimum atomic E-state index is -0.333. The number of hydrogen-bond donors (Lipinski definition) is 2. The van der Waals surface area contributed by atoms with Gasteiger partial charge in [0.05, 0.1) is 19.8 Å². The normalized spacial score (nSPS) is 18.6. The molecule has 1 aromatic carbocycles. The molecule has 28 heavy (non-hydrogen) atoms. The van der Waals surface area contributed by atoms with Crippen molar-refractivity contribution in [3.8, 4) is 22.6 Å². The van der Waals surface area contributed by atoms with Gasteiger partial charge in [-0.3, -0.25) is 9.78 Å². The van der Waals surface area contributed by atoms with Gasteiger partial charge in [-0.2, -0.15) is 0 Å². The van der Waals surface area contributed by atoms with E-state index < -0.39 is 0 Å². The first-order valence-electron chi connectivity index (χ1n) is 8.71. The molecule has 2 aliphatic heterocycles. The van der Waals surface area contributed by atoms with Crippen molar-refractivity contribution >= 4 is 30.7 Å². The molecule has 0 saturated carbocycles. The number of ether oxygens (including phenoxy) is 2. The number of amides is 1. The molecule has 0 bridgehead atoms. The molecule has 0 spiro atoms. The predicted octanol–water partition coefficient (Wildman–Crippen LogP) is 2.01. The fourth-order valence-corrected chi connectivity index (χ4v) is 3.33. The van der Waals surface area contributed by atoms with E-state index in [0.717, 1.165) is 16.7 Å². The number of hydrogen-bond acceptors (Lipinski definition) is 6. The second-order valence-corrected chi connectivity index (χ2v) is 6.42. The number of aromatic hydroxyl groups is 1. The van der Waals surface area contributed by atoms with Crippen LogP contribution in [0.3, 0.4) is 0 Å². The minimum absolute atomic E-state index is 0. The van der Waals surface area contributed by atoms with Gasteiger partial charge in [-0.15, -0.1) is 24.8 Å². The number of pyridine rings is 1. The van der Waals surface area contributed by atoms with Crippen LogP contribution in [0.4, 0.5) is 0 Å². The van der Waals surface area contributed by atoms with E-state index in [1.807, 2.05) is 18.2 Å². The summed E-state index contributed by atoms with van der Waals surface area (Å²) in [5, 5.41) is 13.6. The van der Waals surface area contributed by atoms with E-state index in [9.17, 15) is 9.90 Å². The Morgan fingerprint density at radius 2 is 2.11 bits per heavy atom. The third-order valence-corrected chi connectivity index (χ3v) is 4.64. The van der Waals surface area contributed by atoms with Crippen molar-refractivity contribution in [3.63, 3.8) is 0 Å². The van der Waals surface area contributed by atoms with Crippen LogP contribution >= 0.6 is 24.8 Å². The number of morpholine rings is 1. The lowest BCUT2D eigenvalue weighted by Gasteiger charge is -2.29. The topological polar surface area (TPSA) is 83.9 Å². The molecule has 152 valence electrons. The van der Waals surface area contributed by atoms with Crippen LogP contribution in [-0.4, -0.2) is 59.8 Å². The lowest BCUT2D eigenvalue weighted by molar-refractivity contribution is -0.137. The average Bonchev–Trinajstić information content (AvgIpc) is 2.91. The first kappa shape index (κ1) is 22.2. The van der Waals surface area contributed by atoms with Gasteiger partial charge in [0.2, 0.25) is 5.91 Å². The van der Waals surface area contributed by atoms with Gasteiger partial charge in [0.15, 0.2) is 11.5 Å². The molecule has 4 rings (SSSR count). The maximum absolute atomic E-state index is 12.8. The summed E-state index contributed by atoms with van der Waals surface area (Å²) in [5.74, 6) is 0.517. The van der Waals surface area contributed by atoms with E-state index in [0.29, 0.717) is 45.2 Å². The predicted molar refractivity (Wildman–Crippen MR) is 109 cm³/mol. The first-order chi connectivity index (χ1) is 12.7. The van der Waals surface area contributed by atoms with Crippen LogP contribution in [0.5, 0.6) is 11.5 Å². The number of carbonyl (C=O) groups excluding carboxylic acids is 1. The van der Waals surface area contributed by atoms with Gasteiger partial charge < -0.3 is 24.8 Å². The number of rotatable bonds is 2. The van der Waals surface area contributed by atoms with Crippen molar-refractivity contribution in [2.45, 2.75) is 12.6 Å². The highest BCUT2D eigenvalue weighted by Crippen LogP contribution is 2.37. The quantitative estimate of drug-likeness (QED) is 0.762. The van der Waals surface area contributed by atoms with Gasteiger partial charge >= 0.3 is 0 Å². The van der Waals surface area contributed by atoms with Crippen LogP contribution < -0.4 is 10.1 Å². The van der Waals surface area contributed by atoms with E-state index >= 15 is 0 Å². The Morgan fingerprint density at radius 3 is 2.82 bits per heavy atom. The molecular weight excluding hydrogens is 405 g/mol. The van der Waals surface area contributed by atoms with Gasteiger partial charge in [-0.1, -0.05) is 6.07 Å². The zero-order chi connectivity index (χ0) is 17.9. The van der Waals surface area contributed by atoms with Gasteiger partial charge in [-0.25, -0.2) is 0 Å². The Labute approximate surface area is 175 Å². The van der Waals surface area contributed by atoms with Crippen molar-refractivity contribution in [1.82, 2.24) is 15.2 Å². The van der Waals surface area contributed by atoms with E-state index in [2.05, 4.69) is 10.3 Å². The summed E-state index contributed by atoms with van der Waals surface area (Å²) >= 11 is 0. The molecule has 9 heteroatoms. The number of fused-ring (bicyclic) bond motifs is 1. The number of halogens is 2. The van der Waals surface area contributed by atoms with Gasteiger partial charge in [0.25, 0.3) is 0 Å². The number of nitrogens with one attached hydrogen (secondary N) is 1. The highest BCUT2D eigenvalue weighted by atomic mass is 35.5. The van der Waals surface area contributed by atoms with Crippen LogP contribution in [0, 0.1) is 0 Å². The van der Waals surface area contributed by atoms with Crippen molar-refractivity contribution in [1.29, 1.82) is 0 Å². The lowest BCUT2D eigenvalue weighted by Crippen LogP contribution is -2.52. The molecule has 2 aromatic rings. The van der Waals surface area contributed by atoms with Crippen LogP contribution in [0.1, 0.15) is 5.56 Å². The van der Waals surface area contributed by atoms with E-state index in [1.54, 1.807) is 23.4 Å². The summed E-state index contributed by atoms with van der Waals surface area (Å²) in [6.45, 7) is 2.86. The average molecular weight is 428 g/mol. The minimum Gasteiger partial charge on any atom is -0.504 e. The summed E-state index contributed by atoms with van der Waals surface area (Å²) in [5.41, 5.74) is 2.52. The molecular formula is C19H23Cl2N3O4. The lowest BCUT2D eigenvalue weighted by atomic mass is 10.0. The summed E-state index contributed by atoms with van der Waals surface area (Å²) < 4.78 is 11.1. The molecule has 1 unspecified atom stereocenters.